The first kappa shape index (κ1) is 12.7. The number of hydrogen-bond acceptors (Lipinski definition) is 3. The molecular formula is C15H11ClN2O2. The average molecular weight is 287 g/mol. The largest absolute Gasteiger partial charge is 0.423 e. The maximum Gasteiger partial charge on any atom is 0.302 e. The third-order valence-electron chi connectivity index (χ3n) is 2.85. The van der Waals surface area contributed by atoms with E-state index < -0.39 is 0 Å². The second-order valence-electron chi connectivity index (χ2n) is 4.45. The standard InChI is InChI=1S/C15H11ClN2O2/c1-9-3-2-4-10(7-9)14(19)18-15-17-12-8-11(16)5-6-13(12)20-15/h2-8H,1H3,(H,17,18,19). The molecule has 0 unspecified atom stereocenters. The van der Waals surface area contributed by atoms with Crippen LogP contribution >= 0.6 is 11.6 Å². The summed E-state index contributed by atoms with van der Waals surface area (Å²) >= 11 is 5.88. The van der Waals surface area contributed by atoms with Crippen LogP contribution in [0.1, 0.15) is 15.9 Å². The van der Waals surface area contributed by atoms with Crippen molar-refractivity contribution in [3.05, 3.63) is 58.6 Å². The minimum absolute atomic E-state index is 0.161. The number of oxazole rings is 1. The fourth-order valence-electron chi connectivity index (χ4n) is 1.91. The Labute approximate surface area is 120 Å². The van der Waals surface area contributed by atoms with Crippen molar-refractivity contribution < 1.29 is 9.21 Å². The fraction of sp³-hybridized carbons (Fsp3) is 0.0667. The molecule has 0 aliphatic rings. The van der Waals surface area contributed by atoms with Crippen LogP contribution in [0.2, 0.25) is 5.02 Å². The van der Waals surface area contributed by atoms with Crippen molar-refractivity contribution in [2.45, 2.75) is 6.92 Å². The van der Waals surface area contributed by atoms with Gasteiger partial charge in [-0.2, -0.15) is 4.98 Å². The number of carbonyl (C=O) groups is 1. The molecule has 2 aromatic carbocycles. The normalized spacial score (nSPS) is 10.7. The molecule has 0 radical (unpaired) electrons. The molecule has 1 amide bonds. The third kappa shape index (κ3) is 2.51. The van der Waals surface area contributed by atoms with Gasteiger partial charge in [0.25, 0.3) is 5.91 Å². The van der Waals surface area contributed by atoms with Gasteiger partial charge in [0.1, 0.15) is 5.52 Å². The van der Waals surface area contributed by atoms with Crippen molar-refractivity contribution in [3.8, 4) is 0 Å². The smallest absolute Gasteiger partial charge is 0.302 e. The molecule has 0 atom stereocenters. The molecule has 1 aromatic heterocycles. The minimum Gasteiger partial charge on any atom is -0.423 e. The van der Waals surface area contributed by atoms with Gasteiger partial charge < -0.3 is 4.42 Å². The summed E-state index contributed by atoms with van der Waals surface area (Å²) in [5.74, 6) is -0.258. The van der Waals surface area contributed by atoms with Crippen molar-refractivity contribution in [1.29, 1.82) is 0 Å². The van der Waals surface area contributed by atoms with E-state index in [0.717, 1.165) is 5.56 Å². The van der Waals surface area contributed by atoms with Gasteiger partial charge in [-0.25, -0.2) is 0 Å². The molecule has 20 heavy (non-hydrogen) atoms. The van der Waals surface area contributed by atoms with Crippen LogP contribution in [0.5, 0.6) is 0 Å². The van der Waals surface area contributed by atoms with Gasteiger partial charge in [0.05, 0.1) is 0 Å². The molecule has 0 saturated heterocycles. The molecule has 0 aliphatic heterocycles. The number of rotatable bonds is 2. The number of halogens is 1. The van der Waals surface area contributed by atoms with E-state index in [1.54, 1.807) is 30.3 Å². The molecule has 0 bridgehead atoms. The Kier molecular flexibility index (Phi) is 3.16. The Hall–Kier alpha value is -2.33. The van der Waals surface area contributed by atoms with Crippen LogP contribution in [0.25, 0.3) is 11.1 Å². The van der Waals surface area contributed by atoms with Gasteiger partial charge in [-0.05, 0) is 37.3 Å². The SMILES string of the molecule is Cc1cccc(C(=O)Nc2nc3cc(Cl)ccc3o2)c1. The van der Waals surface area contributed by atoms with Gasteiger partial charge in [0.2, 0.25) is 0 Å². The zero-order valence-electron chi connectivity index (χ0n) is 10.7. The molecule has 4 nitrogen and oxygen atoms in total. The van der Waals surface area contributed by atoms with Crippen LogP contribution in [0.3, 0.4) is 0 Å². The van der Waals surface area contributed by atoms with Crippen LogP contribution in [-0.2, 0) is 0 Å². The van der Waals surface area contributed by atoms with E-state index in [0.29, 0.717) is 21.7 Å². The zero-order valence-corrected chi connectivity index (χ0v) is 11.4. The summed E-state index contributed by atoms with van der Waals surface area (Å²) in [7, 11) is 0. The molecule has 0 fully saturated rings. The lowest BCUT2D eigenvalue weighted by Gasteiger charge is -2.01. The summed E-state index contributed by atoms with van der Waals surface area (Å²) in [5, 5.41) is 3.21. The highest BCUT2D eigenvalue weighted by Gasteiger charge is 2.11. The number of benzene rings is 2. The van der Waals surface area contributed by atoms with Crippen LogP contribution in [-0.4, -0.2) is 10.9 Å². The Morgan fingerprint density at radius 1 is 1.25 bits per heavy atom. The van der Waals surface area contributed by atoms with Gasteiger partial charge >= 0.3 is 6.01 Å². The first-order valence-corrected chi connectivity index (χ1v) is 6.44. The number of fused-ring (bicyclic) bond motifs is 1. The first-order valence-electron chi connectivity index (χ1n) is 6.06. The lowest BCUT2D eigenvalue weighted by Crippen LogP contribution is -2.12. The first-order chi connectivity index (χ1) is 9.61. The molecule has 3 rings (SSSR count). The number of aryl methyl sites for hydroxylation is 1. The second kappa shape index (κ2) is 4.98. The molecule has 0 saturated carbocycles. The highest BCUT2D eigenvalue weighted by atomic mass is 35.5. The average Bonchev–Trinajstić information content (AvgIpc) is 2.80. The summed E-state index contributed by atoms with van der Waals surface area (Å²) in [4.78, 5) is 16.3. The van der Waals surface area contributed by atoms with E-state index >= 15 is 0 Å². The summed E-state index contributed by atoms with van der Waals surface area (Å²) in [6, 6.07) is 12.6. The molecular weight excluding hydrogens is 276 g/mol. The number of carbonyl (C=O) groups excluding carboxylic acids is 1. The Morgan fingerprint density at radius 3 is 2.90 bits per heavy atom. The Balaban J connectivity index is 1.87. The molecule has 0 spiro atoms. The van der Waals surface area contributed by atoms with Crippen LogP contribution < -0.4 is 5.32 Å². The third-order valence-corrected chi connectivity index (χ3v) is 3.09. The van der Waals surface area contributed by atoms with E-state index in [4.69, 9.17) is 16.0 Å². The summed E-state index contributed by atoms with van der Waals surface area (Å²) in [6.07, 6.45) is 0. The van der Waals surface area contributed by atoms with E-state index in [-0.39, 0.29) is 11.9 Å². The molecule has 0 aliphatic carbocycles. The Bertz CT molecular complexity index is 795. The lowest BCUT2D eigenvalue weighted by molar-refractivity contribution is 0.102. The van der Waals surface area contributed by atoms with E-state index in [1.165, 1.54) is 0 Å². The number of amides is 1. The van der Waals surface area contributed by atoms with Crippen LogP contribution in [0.15, 0.2) is 46.9 Å². The number of nitrogens with zero attached hydrogens (tertiary/aromatic N) is 1. The second-order valence-corrected chi connectivity index (χ2v) is 4.89. The van der Waals surface area contributed by atoms with Gasteiger partial charge in [-0.3, -0.25) is 10.1 Å². The van der Waals surface area contributed by atoms with E-state index in [1.807, 2.05) is 19.1 Å². The van der Waals surface area contributed by atoms with Crippen molar-refractivity contribution in [2.75, 3.05) is 5.32 Å². The van der Waals surface area contributed by atoms with Crippen LogP contribution in [0.4, 0.5) is 6.01 Å². The molecule has 1 N–H and O–H groups in total. The van der Waals surface area contributed by atoms with Gasteiger partial charge in [-0.1, -0.05) is 29.3 Å². The summed E-state index contributed by atoms with van der Waals surface area (Å²) in [6.45, 7) is 1.93. The zero-order chi connectivity index (χ0) is 14.1. The maximum atomic E-state index is 12.1. The summed E-state index contributed by atoms with van der Waals surface area (Å²) < 4.78 is 5.44. The topological polar surface area (TPSA) is 55.1 Å². The molecule has 3 aromatic rings. The van der Waals surface area contributed by atoms with E-state index in [9.17, 15) is 4.79 Å². The molecule has 100 valence electrons. The fourth-order valence-corrected chi connectivity index (χ4v) is 2.08. The van der Waals surface area contributed by atoms with E-state index in [2.05, 4.69) is 10.3 Å². The van der Waals surface area contributed by atoms with Crippen molar-refractivity contribution in [2.24, 2.45) is 0 Å². The highest BCUT2D eigenvalue weighted by Crippen LogP contribution is 2.22. The van der Waals surface area contributed by atoms with Gasteiger partial charge in [0, 0.05) is 10.6 Å². The predicted molar refractivity (Wildman–Crippen MR) is 78.2 cm³/mol. The van der Waals surface area contributed by atoms with Gasteiger partial charge in [0.15, 0.2) is 5.58 Å². The van der Waals surface area contributed by atoms with Crippen molar-refractivity contribution in [1.82, 2.24) is 4.98 Å². The lowest BCUT2D eigenvalue weighted by atomic mass is 10.1. The maximum absolute atomic E-state index is 12.1. The number of anilines is 1. The van der Waals surface area contributed by atoms with Gasteiger partial charge in [-0.15, -0.1) is 0 Å². The molecule has 1 heterocycles. The quantitative estimate of drug-likeness (QED) is 0.773. The molecule has 5 heteroatoms. The van der Waals surface area contributed by atoms with Crippen LogP contribution in [0, 0.1) is 6.92 Å². The predicted octanol–water partition coefficient (Wildman–Crippen LogP) is 4.04. The highest BCUT2D eigenvalue weighted by molar-refractivity contribution is 6.31. The number of nitrogens with one attached hydrogen (secondary N) is 1. The summed E-state index contributed by atoms with van der Waals surface area (Å²) in [5.41, 5.74) is 2.76. The minimum atomic E-state index is -0.258. The monoisotopic (exact) mass is 286 g/mol. The number of aromatic nitrogens is 1. The number of hydrogen-bond donors (Lipinski definition) is 1. The Morgan fingerprint density at radius 2 is 2.10 bits per heavy atom. The van der Waals surface area contributed by atoms with Crippen molar-refractivity contribution >= 4 is 34.6 Å². The van der Waals surface area contributed by atoms with Crippen molar-refractivity contribution in [3.63, 3.8) is 0 Å².